The van der Waals surface area contributed by atoms with Crippen LogP contribution in [0, 0.1) is 6.92 Å². The molecule has 0 saturated carbocycles. The van der Waals surface area contributed by atoms with Crippen LogP contribution in [0.4, 0.5) is 36.3 Å². The molecule has 4 rings (SSSR count). The molecule has 1 aliphatic heterocycles. The van der Waals surface area contributed by atoms with E-state index in [2.05, 4.69) is 47.6 Å². The van der Waals surface area contributed by atoms with Crippen LogP contribution in [0.3, 0.4) is 0 Å². The molecule has 1 fully saturated rings. The fraction of sp³-hybridized carbons (Fsp3) is 0.400. The van der Waals surface area contributed by atoms with Gasteiger partial charge >= 0.3 is 6.18 Å². The summed E-state index contributed by atoms with van der Waals surface area (Å²) in [6, 6.07) is 10.3. The first-order valence-electron chi connectivity index (χ1n) is 11.9. The van der Waals surface area contributed by atoms with Gasteiger partial charge in [0.05, 0.1) is 35.9 Å². The number of morpholine rings is 1. The summed E-state index contributed by atoms with van der Waals surface area (Å²) in [6.45, 7) is 8.37. The predicted molar refractivity (Wildman–Crippen MR) is 134 cm³/mol. The van der Waals surface area contributed by atoms with E-state index in [1.807, 2.05) is 13.0 Å². The monoisotopic (exact) mass is 514 g/mol. The standard InChI is InChI=1S/C25H29F3N8O/c1-17-12-23(29-8-9-36-10-11-37-18(2)16-36)34-24(32-17)35-31-15-21-6-7-22(14-30-21)33-20-5-3-4-19(13-20)25(26,27)28/h3-7,12-14,18,33H,8-11,15-16H2,1-2H3,(H,29,32,34). The normalized spacial score (nSPS) is 16.7. The van der Waals surface area contributed by atoms with E-state index in [-0.39, 0.29) is 18.6 Å². The number of nitrogens with one attached hydrogen (secondary N) is 2. The Balaban J connectivity index is 1.29. The van der Waals surface area contributed by atoms with E-state index < -0.39 is 11.7 Å². The van der Waals surface area contributed by atoms with Crippen LogP contribution < -0.4 is 10.6 Å². The molecule has 0 spiro atoms. The third kappa shape index (κ3) is 8.19. The Morgan fingerprint density at radius 2 is 2.00 bits per heavy atom. The van der Waals surface area contributed by atoms with E-state index >= 15 is 0 Å². The van der Waals surface area contributed by atoms with E-state index in [1.54, 1.807) is 18.2 Å². The van der Waals surface area contributed by atoms with Crippen LogP contribution in [-0.2, 0) is 17.5 Å². The first kappa shape index (κ1) is 26.4. The first-order valence-corrected chi connectivity index (χ1v) is 11.9. The summed E-state index contributed by atoms with van der Waals surface area (Å²) in [6.07, 6.45) is -2.62. The Kier molecular flexibility index (Phi) is 8.62. The number of nitrogens with zero attached hydrogens (tertiary/aromatic N) is 6. The average Bonchev–Trinajstić information content (AvgIpc) is 2.85. The van der Waals surface area contributed by atoms with Gasteiger partial charge in [-0.25, -0.2) is 4.98 Å². The maximum atomic E-state index is 12.9. The van der Waals surface area contributed by atoms with Crippen LogP contribution in [0.25, 0.3) is 0 Å². The minimum atomic E-state index is -4.40. The number of azo groups is 1. The van der Waals surface area contributed by atoms with Crippen molar-refractivity contribution in [3.8, 4) is 0 Å². The molecule has 0 radical (unpaired) electrons. The van der Waals surface area contributed by atoms with Crippen molar-refractivity contribution < 1.29 is 17.9 Å². The lowest BCUT2D eigenvalue weighted by molar-refractivity contribution is -0.137. The topological polar surface area (TPSA) is 99.9 Å². The second kappa shape index (κ2) is 12.1. The number of rotatable bonds is 9. The van der Waals surface area contributed by atoms with Gasteiger partial charge in [0.1, 0.15) is 12.4 Å². The van der Waals surface area contributed by atoms with Gasteiger partial charge in [-0.05, 0) is 44.2 Å². The Hall–Kier alpha value is -3.64. The molecule has 12 heteroatoms. The lowest BCUT2D eigenvalue weighted by Gasteiger charge is -2.31. The molecule has 3 heterocycles. The highest BCUT2D eigenvalue weighted by atomic mass is 19.4. The quantitative estimate of drug-likeness (QED) is 0.371. The van der Waals surface area contributed by atoms with Gasteiger partial charge < -0.3 is 15.4 Å². The molecule has 1 aromatic carbocycles. The number of aryl methyl sites for hydroxylation is 1. The molecule has 3 aromatic rings. The molecular weight excluding hydrogens is 485 g/mol. The Bertz CT molecular complexity index is 1200. The van der Waals surface area contributed by atoms with Crippen molar-refractivity contribution >= 4 is 23.1 Å². The highest BCUT2D eigenvalue weighted by Crippen LogP contribution is 2.31. The number of anilines is 3. The van der Waals surface area contributed by atoms with Crippen LogP contribution in [0.15, 0.2) is 58.9 Å². The van der Waals surface area contributed by atoms with E-state index in [9.17, 15) is 13.2 Å². The van der Waals surface area contributed by atoms with E-state index in [0.717, 1.165) is 50.6 Å². The molecule has 1 atom stereocenters. The fourth-order valence-corrected chi connectivity index (χ4v) is 3.83. The predicted octanol–water partition coefficient (Wildman–Crippen LogP) is 5.36. The summed E-state index contributed by atoms with van der Waals surface area (Å²) in [7, 11) is 0. The van der Waals surface area contributed by atoms with Gasteiger partial charge in [0.25, 0.3) is 5.95 Å². The van der Waals surface area contributed by atoms with Crippen molar-refractivity contribution in [3.05, 3.63) is 65.6 Å². The number of halogens is 3. The Morgan fingerprint density at radius 3 is 2.76 bits per heavy atom. The van der Waals surface area contributed by atoms with Gasteiger partial charge in [-0.3, -0.25) is 9.88 Å². The van der Waals surface area contributed by atoms with Crippen molar-refractivity contribution in [3.63, 3.8) is 0 Å². The maximum absolute atomic E-state index is 12.9. The average molecular weight is 515 g/mol. The lowest BCUT2D eigenvalue weighted by Crippen LogP contribution is -2.43. The number of alkyl halides is 3. The second-order valence-corrected chi connectivity index (χ2v) is 8.74. The van der Waals surface area contributed by atoms with Gasteiger partial charge in [0, 0.05) is 43.6 Å². The summed E-state index contributed by atoms with van der Waals surface area (Å²) in [5.74, 6) is 0.941. The van der Waals surface area contributed by atoms with Gasteiger partial charge in [-0.1, -0.05) is 6.07 Å². The van der Waals surface area contributed by atoms with Crippen LogP contribution in [-0.4, -0.2) is 58.7 Å². The molecule has 1 saturated heterocycles. The molecule has 1 aliphatic rings. The summed E-state index contributed by atoms with van der Waals surface area (Å²) >= 11 is 0. The van der Waals surface area contributed by atoms with E-state index in [0.29, 0.717) is 22.9 Å². The molecule has 1 unspecified atom stereocenters. The fourth-order valence-electron chi connectivity index (χ4n) is 3.83. The maximum Gasteiger partial charge on any atom is 0.416 e. The third-order valence-electron chi connectivity index (χ3n) is 5.60. The van der Waals surface area contributed by atoms with Crippen molar-refractivity contribution in [2.45, 2.75) is 32.7 Å². The molecule has 0 bridgehead atoms. The third-order valence-corrected chi connectivity index (χ3v) is 5.60. The summed E-state index contributed by atoms with van der Waals surface area (Å²) in [5.41, 5.74) is 1.58. The molecule has 9 nitrogen and oxygen atoms in total. The molecule has 37 heavy (non-hydrogen) atoms. The van der Waals surface area contributed by atoms with Crippen molar-refractivity contribution in [1.29, 1.82) is 0 Å². The highest BCUT2D eigenvalue weighted by molar-refractivity contribution is 5.59. The van der Waals surface area contributed by atoms with Gasteiger partial charge in [0.15, 0.2) is 0 Å². The largest absolute Gasteiger partial charge is 0.416 e. The zero-order valence-corrected chi connectivity index (χ0v) is 20.7. The van der Waals surface area contributed by atoms with Crippen LogP contribution in [0.1, 0.15) is 23.9 Å². The Labute approximate surface area is 213 Å². The van der Waals surface area contributed by atoms with Gasteiger partial charge in [-0.2, -0.15) is 23.3 Å². The first-order chi connectivity index (χ1) is 17.7. The van der Waals surface area contributed by atoms with Crippen molar-refractivity contribution in [1.82, 2.24) is 19.9 Å². The number of hydrogen-bond acceptors (Lipinski definition) is 9. The number of ether oxygens (including phenoxy) is 1. The van der Waals surface area contributed by atoms with E-state index in [1.165, 1.54) is 12.3 Å². The van der Waals surface area contributed by atoms with Crippen molar-refractivity contribution in [2.24, 2.45) is 10.2 Å². The summed E-state index contributed by atoms with van der Waals surface area (Å²) in [4.78, 5) is 15.4. The molecular formula is C25H29F3N8O. The molecule has 196 valence electrons. The molecule has 2 N–H and O–H groups in total. The number of hydrogen-bond donors (Lipinski definition) is 2. The highest BCUT2D eigenvalue weighted by Gasteiger charge is 2.30. The summed E-state index contributed by atoms with van der Waals surface area (Å²) in [5, 5.41) is 14.5. The zero-order chi connectivity index (χ0) is 26.3. The lowest BCUT2D eigenvalue weighted by atomic mass is 10.2. The number of aromatic nitrogens is 3. The smallest absolute Gasteiger partial charge is 0.376 e. The summed E-state index contributed by atoms with van der Waals surface area (Å²) < 4.78 is 44.3. The molecule has 0 amide bonds. The number of benzene rings is 1. The zero-order valence-electron chi connectivity index (χ0n) is 20.7. The van der Waals surface area contributed by atoms with Crippen LogP contribution >= 0.6 is 0 Å². The van der Waals surface area contributed by atoms with Gasteiger partial charge in [0.2, 0.25) is 0 Å². The number of pyridine rings is 1. The van der Waals surface area contributed by atoms with Crippen LogP contribution in [0.2, 0.25) is 0 Å². The SMILES string of the molecule is Cc1cc(NCCN2CCOC(C)C2)nc(N=NCc2ccc(Nc3cccc(C(F)(F)F)c3)cn2)n1. The second-order valence-electron chi connectivity index (χ2n) is 8.74. The van der Waals surface area contributed by atoms with Crippen LogP contribution in [0.5, 0.6) is 0 Å². The van der Waals surface area contributed by atoms with Gasteiger partial charge in [-0.15, -0.1) is 5.11 Å². The minimum absolute atomic E-state index is 0.207. The van der Waals surface area contributed by atoms with Crippen molar-refractivity contribution in [2.75, 3.05) is 43.4 Å². The van der Waals surface area contributed by atoms with E-state index in [4.69, 9.17) is 4.74 Å². The molecule has 2 aromatic heterocycles. The Morgan fingerprint density at radius 1 is 1.14 bits per heavy atom. The minimum Gasteiger partial charge on any atom is -0.376 e. The molecule has 0 aliphatic carbocycles.